The van der Waals surface area contributed by atoms with Crippen molar-refractivity contribution in [3.05, 3.63) is 107 Å². The molecule has 0 radical (unpaired) electrons. The minimum Gasteiger partial charge on any atom is -0.507 e. The Balaban J connectivity index is 1.16. The van der Waals surface area contributed by atoms with Crippen molar-refractivity contribution in [3.63, 3.8) is 0 Å². The average molecular weight is 709 g/mol. The zero-order chi connectivity index (χ0) is 36.9. The molecule has 52 heavy (non-hydrogen) atoms. The fraction of sp³-hybridized carbons (Fsp3) is 0.282. The van der Waals surface area contributed by atoms with Crippen molar-refractivity contribution in [2.24, 2.45) is 10.2 Å². The molecule has 0 bridgehead atoms. The number of aliphatic hydroxyl groups excluding tert-OH is 1. The minimum absolute atomic E-state index is 0.0922. The van der Waals surface area contributed by atoms with Gasteiger partial charge in [0.2, 0.25) is 11.8 Å². The van der Waals surface area contributed by atoms with Crippen molar-refractivity contribution in [1.29, 1.82) is 0 Å². The molecule has 0 saturated heterocycles. The maximum absolute atomic E-state index is 12.6. The van der Waals surface area contributed by atoms with E-state index in [2.05, 4.69) is 10.2 Å². The van der Waals surface area contributed by atoms with E-state index in [1.807, 2.05) is 48.5 Å². The summed E-state index contributed by atoms with van der Waals surface area (Å²) in [5.74, 6) is 1.08. The Bertz CT molecular complexity index is 1890. The number of methoxy groups -OCH3 is 2. The van der Waals surface area contributed by atoms with Crippen LogP contribution in [-0.4, -0.2) is 82.1 Å². The summed E-state index contributed by atoms with van der Waals surface area (Å²) in [5, 5.41) is 44.7. The summed E-state index contributed by atoms with van der Waals surface area (Å²) in [5.41, 5.74) is 3.13. The molecule has 13 nitrogen and oxygen atoms in total. The second-order valence-corrected chi connectivity index (χ2v) is 12.4. The molecule has 2 atom stereocenters. The molecule has 6 rings (SSSR count). The smallest absolute Gasteiger partial charge is 0.240 e. The van der Waals surface area contributed by atoms with Crippen molar-refractivity contribution >= 4 is 23.2 Å². The predicted octanol–water partition coefficient (Wildman–Crippen LogP) is 5.33. The molecule has 3 N–H and O–H groups in total. The van der Waals surface area contributed by atoms with Gasteiger partial charge in [-0.25, -0.2) is 10.0 Å². The van der Waals surface area contributed by atoms with Gasteiger partial charge in [-0.05, 0) is 59.7 Å². The summed E-state index contributed by atoms with van der Waals surface area (Å²) >= 11 is 0. The molecule has 2 unspecified atom stereocenters. The van der Waals surface area contributed by atoms with E-state index < -0.39 is 18.2 Å². The van der Waals surface area contributed by atoms with Gasteiger partial charge in [-0.15, -0.1) is 0 Å². The number of phenolic OH excluding ortho intramolecular Hbond substituents is 2. The number of hydrogen-bond donors (Lipinski definition) is 3. The van der Waals surface area contributed by atoms with Gasteiger partial charge in [0.1, 0.15) is 53.8 Å². The van der Waals surface area contributed by atoms with Crippen LogP contribution in [0.4, 0.5) is 0 Å². The highest BCUT2D eigenvalue weighted by Crippen LogP contribution is 2.40. The van der Waals surface area contributed by atoms with Crippen LogP contribution >= 0.6 is 0 Å². The van der Waals surface area contributed by atoms with E-state index in [4.69, 9.17) is 18.9 Å². The van der Waals surface area contributed by atoms with Gasteiger partial charge >= 0.3 is 0 Å². The lowest BCUT2D eigenvalue weighted by atomic mass is 9.97. The van der Waals surface area contributed by atoms with Gasteiger partial charge in [0, 0.05) is 26.7 Å². The molecule has 2 aliphatic rings. The summed E-state index contributed by atoms with van der Waals surface area (Å²) in [4.78, 5) is 25.2. The fourth-order valence-corrected chi connectivity index (χ4v) is 6.40. The van der Waals surface area contributed by atoms with Crippen LogP contribution < -0.4 is 18.9 Å². The number of nitrogens with zero attached hydrogens (tertiary/aromatic N) is 4. The van der Waals surface area contributed by atoms with Gasteiger partial charge in [0.05, 0.1) is 48.9 Å². The molecule has 2 heterocycles. The monoisotopic (exact) mass is 708 g/mol. The van der Waals surface area contributed by atoms with Gasteiger partial charge in [0.15, 0.2) is 0 Å². The molecule has 270 valence electrons. The molecule has 0 saturated carbocycles. The highest BCUT2D eigenvalue weighted by molar-refractivity contribution is 6.08. The molecule has 2 amide bonds. The van der Waals surface area contributed by atoms with Crippen molar-refractivity contribution < 1.29 is 43.9 Å². The Morgan fingerprint density at radius 2 is 1.10 bits per heavy atom. The number of carbonyl (C=O) groups excluding carboxylic acids is 2. The van der Waals surface area contributed by atoms with Gasteiger partial charge in [-0.2, -0.15) is 10.2 Å². The number of amides is 2. The molecule has 13 heteroatoms. The molecule has 4 aromatic rings. The summed E-state index contributed by atoms with van der Waals surface area (Å²) in [6.07, 6.45) is -0.537. The van der Waals surface area contributed by atoms with Crippen molar-refractivity contribution in [1.82, 2.24) is 10.0 Å². The Morgan fingerprint density at radius 3 is 1.48 bits per heavy atom. The molecule has 0 spiro atoms. The van der Waals surface area contributed by atoms with Crippen LogP contribution in [0.2, 0.25) is 0 Å². The molecule has 0 fully saturated rings. The predicted molar refractivity (Wildman–Crippen MR) is 192 cm³/mol. The van der Waals surface area contributed by atoms with E-state index in [0.29, 0.717) is 46.9 Å². The topological polar surface area (TPSA) is 163 Å². The lowest BCUT2D eigenvalue weighted by Gasteiger charge is -2.21. The zero-order valence-electron chi connectivity index (χ0n) is 29.2. The lowest BCUT2D eigenvalue weighted by Crippen LogP contribution is -2.26. The largest absolute Gasteiger partial charge is 0.507 e. The first-order valence-electron chi connectivity index (χ1n) is 16.7. The number of hydrazone groups is 2. The van der Waals surface area contributed by atoms with E-state index in [9.17, 15) is 24.9 Å². The second-order valence-electron chi connectivity index (χ2n) is 12.4. The number of aromatic hydroxyl groups is 2. The first-order chi connectivity index (χ1) is 25.1. The molecular formula is C39H40N4O9. The minimum atomic E-state index is -1.14. The van der Waals surface area contributed by atoms with Gasteiger partial charge in [0.25, 0.3) is 0 Å². The number of ether oxygens (including phenoxy) is 4. The average Bonchev–Trinajstić information content (AvgIpc) is 3.79. The van der Waals surface area contributed by atoms with E-state index in [1.54, 1.807) is 38.5 Å². The number of hydrogen-bond acceptors (Lipinski definition) is 11. The van der Waals surface area contributed by atoms with Crippen molar-refractivity contribution in [2.45, 2.75) is 44.9 Å². The summed E-state index contributed by atoms with van der Waals surface area (Å²) in [6.45, 7) is 2.41. The van der Waals surface area contributed by atoms with Crippen LogP contribution in [-0.2, 0) is 9.59 Å². The third-order valence-electron chi connectivity index (χ3n) is 8.87. The molecule has 0 aliphatic carbocycles. The Hall–Kier alpha value is -6.08. The Labute approximate surface area is 300 Å². The zero-order valence-corrected chi connectivity index (χ0v) is 29.2. The fourth-order valence-electron chi connectivity index (χ4n) is 6.40. The Kier molecular flexibility index (Phi) is 10.6. The van der Waals surface area contributed by atoms with Crippen LogP contribution in [0, 0.1) is 0 Å². The van der Waals surface area contributed by atoms with Crippen LogP contribution in [0.3, 0.4) is 0 Å². The third kappa shape index (κ3) is 7.49. The number of carbonyl (C=O) groups is 2. The van der Waals surface area contributed by atoms with Crippen molar-refractivity contribution in [2.75, 3.05) is 27.4 Å². The van der Waals surface area contributed by atoms with Gasteiger partial charge < -0.3 is 34.3 Å². The summed E-state index contributed by atoms with van der Waals surface area (Å²) in [7, 11) is 3.14. The van der Waals surface area contributed by atoms with E-state index in [-0.39, 0.29) is 48.0 Å². The van der Waals surface area contributed by atoms with Crippen LogP contribution in [0.15, 0.2) is 95.1 Å². The van der Waals surface area contributed by atoms with Crippen LogP contribution in [0.1, 0.15) is 61.0 Å². The number of rotatable bonds is 12. The quantitative estimate of drug-likeness (QED) is 0.177. The second kappa shape index (κ2) is 15.4. The van der Waals surface area contributed by atoms with Crippen LogP contribution in [0.25, 0.3) is 0 Å². The van der Waals surface area contributed by atoms with E-state index in [1.165, 1.54) is 36.0 Å². The molecule has 4 aromatic carbocycles. The first kappa shape index (κ1) is 35.7. The molecular weight excluding hydrogens is 668 g/mol. The maximum Gasteiger partial charge on any atom is 0.240 e. The van der Waals surface area contributed by atoms with E-state index >= 15 is 0 Å². The highest BCUT2D eigenvalue weighted by atomic mass is 16.5. The first-order valence-corrected chi connectivity index (χ1v) is 16.7. The SMILES string of the molecule is COc1cccc(C2CC(c3c(O)cccc3OCC(O)COc3cccc(O)c3C3=NN(C(C)=O)C(c4cccc(OC)c4)C3)=NN2C(C)=O)c1. The van der Waals surface area contributed by atoms with Gasteiger partial charge in [-0.1, -0.05) is 36.4 Å². The molecule has 2 aliphatic heterocycles. The van der Waals surface area contributed by atoms with Gasteiger partial charge in [-0.3, -0.25) is 9.59 Å². The molecule has 0 aromatic heterocycles. The highest BCUT2D eigenvalue weighted by Gasteiger charge is 2.35. The lowest BCUT2D eigenvalue weighted by molar-refractivity contribution is -0.131. The van der Waals surface area contributed by atoms with Crippen LogP contribution in [0.5, 0.6) is 34.5 Å². The standard InChI is InChI=1S/C39H40N4O9/c1-23(44)42-32(25-9-5-11-28(17-25)49-3)19-30(40-42)38-34(47)13-7-15-36(38)51-21-27(46)22-52-37-16-8-14-35(48)39(37)31-20-33(43(41-31)24(2)45)26-10-6-12-29(18-26)50-4/h5-18,27,32-33,46-48H,19-22H2,1-4H3. The van der Waals surface area contributed by atoms with E-state index in [0.717, 1.165) is 11.1 Å². The summed E-state index contributed by atoms with van der Waals surface area (Å²) < 4.78 is 22.8. The van der Waals surface area contributed by atoms with Crippen molar-refractivity contribution in [3.8, 4) is 34.5 Å². The maximum atomic E-state index is 12.6. The number of benzene rings is 4. The number of aliphatic hydroxyl groups is 1. The summed E-state index contributed by atoms with van der Waals surface area (Å²) in [6, 6.07) is 23.4. The Morgan fingerprint density at radius 1 is 0.692 bits per heavy atom. The number of phenols is 2. The third-order valence-corrected chi connectivity index (χ3v) is 8.87. The normalized spacial score (nSPS) is 17.3.